The Bertz CT molecular complexity index is 228. The van der Waals surface area contributed by atoms with Gasteiger partial charge in [-0.05, 0) is 5.92 Å². The molecule has 1 N–H and O–H groups in total. The first-order valence-electron chi connectivity index (χ1n) is 4.03. The first kappa shape index (κ1) is 12.4. The average Bonchev–Trinajstić information content (AvgIpc) is 2.11. The molecule has 0 aliphatic carbocycles. The molecule has 0 saturated heterocycles. The summed E-state index contributed by atoms with van der Waals surface area (Å²) in [5.41, 5.74) is 0. The summed E-state index contributed by atoms with van der Waals surface area (Å²) < 4.78 is 4.32. The van der Waals surface area contributed by atoms with Crippen LogP contribution in [0, 0.1) is 5.92 Å². The van der Waals surface area contributed by atoms with Gasteiger partial charge in [0.2, 0.25) is 6.41 Å². The molecule has 0 rings (SSSR count). The Hall–Kier alpha value is -1.59. The predicted octanol–water partition coefficient (Wildman–Crippen LogP) is 0.322. The van der Waals surface area contributed by atoms with Crippen LogP contribution in [0.2, 0.25) is 0 Å². The van der Waals surface area contributed by atoms with Crippen molar-refractivity contribution in [2.75, 3.05) is 13.7 Å². The van der Waals surface area contributed by atoms with Gasteiger partial charge in [0, 0.05) is 13.0 Å². The molecule has 2 amide bonds. The van der Waals surface area contributed by atoms with Gasteiger partial charge in [0.25, 0.3) is 0 Å². The highest BCUT2D eigenvalue weighted by Crippen LogP contribution is 2.04. The number of aliphatic carboxylic acids is 1. The molecule has 6 nitrogen and oxygen atoms in total. The van der Waals surface area contributed by atoms with E-state index in [1.54, 1.807) is 6.92 Å². The van der Waals surface area contributed by atoms with Gasteiger partial charge >= 0.3 is 12.1 Å². The molecule has 1 unspecified atom stereocenters. The molecule has 0 radical (unpaired) electrons. The number of hydrogen-bond acceptors (Lipinski definition) is 4. The summed E-state index contributed by atoms with van der Waals surface area (Å²) in [6, 6.07) is 0. The normalized spacial score (nSPS) is 11.6. The van der Waals surface area contributed by atoms with Gasteiger partial charge in [-0.1, -0.05) is 6.92 Å². The van der Waals surface area contributed by atoms with Crippen LogP contribution in [0.15, 0.2) is 0 Å². The maximum atomic E-state index is 10.9. The first-order chi connectivity index (χ1) is 6.51. The number of carboxylic acids is 1. The highest BCUT2D eigenvalue weighted by molar-refractivity contribution is 5.80. The third-order valence-corrected chi connectivity index (χ3v) is 1.57. The molecular weight excluding hydrogens is 190 g/mol. The van der Waals surface area contributed by atoms with Crippen molar-refractivity contribution in [1.29, 1.82) is 0 Å². The molecule has 0 aromatic carbocycles. The second kappa shape index (κ2) is 5.95. The van der Waals surface area contributed by atoms with Crippen LogP contribution in [0.5, 0.6) is 0 Å². The van der Waals surface area contributed by atoms with E-state index in [0.717, 1.165) is 12.0 Å². The van der Waals surface area contributed by atoms with Crippen LogP contribution >= 0.6 is 0 Å². The minimum absolute atomic E-state index is 0.0441. The fraction of sp³-hybridized carbons (Fsp3) is 0.625. The number of amides is 2. The fourth-order valence-corrected chi connectivity index (χ4v) is 0.976. The molecule has 0 saturated carbocycles. The van der Waals surface area contributed by atoms with Crippen LogP contribution in [0.25, 0.3) is 0 Å². The summed E-state index contributed by atoms with van der Waals surface area (Å²) in [5, 5.41) is 8.44. The molecule has 6 heteroatoms. The third-order valence-electron chi connectivity index (χ3n) is 1.57. The van der Waals surface area contributed by atoms with E-state index in [0.29, 0.717) is 6.41 Å². The van der Waals surface area contributed by atoms with Crippen molar-refractivity contribution in [3.05, 3.63) is 0 Å². The van der Waals surface area contributed by atoms with E-state index >= 15 is 0 Å². The number of carboxylic acid groups (broad SMARTS) is 1. The van der Waals surface area contributed by atoms with Crippen molar-refractivity contribution in [2.45, 2.75) is 13.3 Å². The van der Waals surface area contributed by atoms with Crippen molar-refractivity contribution in [2.24, 2.45) is 5.92 Å². The van der Waals surface area contributed by atoms with Crippen LogP contribution in [0.1, 0.15) is 13.3 Å². The summed E-state index contributed by atoms with van der Waals surface area (Å²) in [4.78, 5) is 32.4. The molecule has 0 aliphatic heterocycles. The van der Waals surface area contributed by atoms with Gasteiger partial charge in [0.05, 0.1) is 7.11 Å². The second-order valence-electron chi connectivity index (χ2n) is 2.93. The maximum absolute atomic E-state index is 10.9. The van der Waals surface area contributed by atoms with Gasteiger partial charge in [0.1, 0.15) is 0 Å². The van der Waals surface area contributed by atoms with Gasteiger partial charge in [-0.25, -0.2) is 9.69 Å². The third kappa shape index (κ3) is 4.44. The van der Waals surface area contributed by atoms with E-state index in [4.69, 9.17) is 5.11 Å². The summed E-state index contributed by atoms with van der Waals surface area (Å²) in [6.07, 6.45) is -0.553. The van der Waals surface area contributed by atoms with E-state index in [2.05, 4.69) is 4.74 Å². The molecule has 1 atom stereocenters. The van der Waals surface area contributed by atoms with E-state index in [-0.39, 0.29) is 18.9 Å². The summed E-state index contributed by atoms with van der Waals surface area (Å²) in [7, 11) is 1.15. The highest BCUT2D eigenvalue weighted by atomic mass is 16.5. The lowest BCUT2D eigenvalue weighted by Crippen LogP contribution is -2.34. The largest absolute Gasteiger partial charge is 0.481 e. The van der Waals surface area contributed by atoms with Gasteiger partial charge in [-0.15, -0.1) is 0 Å². The Morgan fingerprint density at radius 1 is 1.57 bits per heavy atom. The molecule has 0 aromatic rings. The molecule has 80 valence electrons. The predicted molar refractivity (Wildman–Crippen MR) is 46.6 cm³/mol. The first-order valence-corrected chi connectivity index (χ1v) is 4.03. The Kier molecular flexibility index (Phi) is 5.28. The molecule has 0 bridgehead atoms. The Morgan fingerprint density at radius 3 is 2.50 bits per heavy atom. The molecule has 0 aromatic heterocycles. The van der Waals surface area contributed by atoms with Crippen LogP contribution < -0.4 is 0 Å². The fourth-order valence-electron chi connectivity index (χ4n) is 0.976. The zero-order chi connectivity index (χ0) is 11.1. The lowest BCUT2D eigenvalue weighted by atomic mass is 10.1. The maximum Gasteiger partial charge on any atom is 0.416 e. The minimum atomic E-state index is -0.965. The monoisotopic (exact) mass is 203 g/mol. The number of methoxy groups -OCH3 is 1. The molecule has 14 heavy (non-hydrogen) atoms. The van der Waals surface area contributed by atoms with E-state index in [9.17, 15) is 14.4 Å². The topological polar surface area (TPSA) is 83.9 Å². The van der Waals surface area contributed by atoms with Gasteiger partial charge < -0.3 is 9.84 Å². The van der Waals surface area contributed by atoms with Crippen LogP contribution in [-0.4, -0.2) is 42.1 Å². The van der Waals surface area contributed by atoms with Crippen molar-refractivity contribution in [3.8, 4) is 0 Å². The van der Waals surface area contributed by atoms with Gasteiger partial charge in [0.15, 0.2) is 0 Å². The van der Waals surface area contributed by atoms with Crippen LogP contribution in [0.4, 0.5) is 4.79 Å². The molecule has 0 aliphatic rings. The second-order valence-corrected chi connectivity index (χ2v) is 2.93. The van der Waals surface area contributed by atoms with Crippen molar-refractivity contribution in [3.63, 3.8) is 0 Å². The summed E-state index contributed by atoms with van der Waals surface area (Å²) >= 11 is 0. The smallest absolute Gasteiger partial charge is 0.416 e. The number of carbonyl (C=O) groups excluding carboxylic acids is 2. The van der Waals surface area contributed by atoms with Crippen molar-refractivity contribution >= 4 is 18.5 Å². The average molecular weight is 203 g/mol. The van der Waals surface area contributed by atoms with Crippen LogP contribution in [0.3, 0.4) is 0 Å². The summed E-state index contributed by atoms with van der Waals surface area (Å²) in [5.74, 6) is -1.26. The molecule has 0 fully saturated rings. The number of imide groups is 1. The lowest BCUT2D eigenvalue weighted by Gasteiger charge is -2.17. The van der Waals surface area contributed by atoms with E-state index < -0.39 is 12.1 Å². The standard InChI is InChI=1S/C8H13NO5/c1-6(3-7(11)12)4-9(5-10)8(13)14-2/h5-6H,3-4H2,1-2H3,(H,11,12). The van der Waals surface area contributed by atoms with E-state index in [1.807, 2.05) is 0 Å². The van der Waals surface area contributed by atoms with E-state index in [1.165, 1.54) is 0 Å². The number of carbonyl (C=O) groups is 3. The lowest BCUT2D eigenvalue weighted by molar-refractivity contribution is -0.138. The zero-order valence-corrected chi connectivity index (χ0v) is 8.10. The van der Waals surface area contributed by atoms with Crippen molar-refractivity contribution < 1.29 is 24.2 Å². The van der Waals surface area contributed by atoms with Crippen molar-refractivity contribution in [1.82, 2.24) is 4.90 Å². The van der Waals surface area contributed by atoms with Gasteiger partial charge in [-0.2, -0.15) is 0 Å². The number of nitrogens with zero attached hydrogens (tertiary/aromatic N) is 1. The Labute approximate surface area is 81.4 Å². The number of rotatable bonds is 5. The van der Waals surface area contributed by atoms with Gasteiger partial charge in [-0.3, -0.25) is 9.59 Å². The Morgan fingerprint density at radius 2 is 2.14 bits per heavy atom. The number of ether oxygens (including phenoxy) is 1. The number of hydrogen-bond donors (Lipinski definition) is 1. The SMILES string of the molecule is COC(=O)N(C=O)CC(C)CC(=O)O. The van der Waals surface area contributed by atoms with Crippen LogP contribution in [-0.2, 0) is 14.3 Å². The summed E-state index contributed by atoms with van der Waals surface area (Å²) in [6.45, 7) is 1.68. The molecular formula is C8H13NO5. The Balaban J connectivity index is 4.11. The zero-order valence-electron chi connectivity index (χ0n) is 8.10. The molecule has 0 heterocycles. The minimum Gasteiger partial charge on any atom is -0.481 e. The molecule has 0 spiro atoms. The highest BCUT2D eigenvalue weighted by Gasteiger charge is 2.17. The quantitative estimate of drug-likeness (QED) is 0.650.